The molecule has 2 rings (SSSR count). The molecule has 1 N–H and O–H groups in total. The van der Waals surface area contributed by atoms with Crippen molar-refractivity contribution in [2.75, 3.05) is 38.6 Å². The minimum absolute atomic E-state index is 0.0655. The number of rotatable bonds is 5. The molecular weight excluding hydrogens is 318 g/mol. The lowest BCUT2D eigenvalue weighted by Crippen LogP contribution is -2.34. The lowest BCUT2D eigenvalue weighted by molar-refractivity contribution is -0.130. The largest absolute Gasteiger partial charge is 0.358 e. The van der Waals surface area contributed by atoms with E-state index in [9.17, 15) is 9.59 Å². The Morgan fingerprint density at radius 3 is 2.68 bits per heavy atom. The first-order chi connectivity index (χ1) is 12.0. The molecule has 25 heavy (non-hydrogen) atoms. The fourth-order valence-electron chi connectivity index (χ4n) is 2.98. The van der Waals surface area contributed by atoms with Crippen molar-refractivity contribution in [1.82, 2.24) is 20.2 Å². The molecule has 0 fully saturated rings. The minimum atomic E-state index is -0.0655. The molecule has 1 aromatic heterocycles. The highest BCUT2D eigenvalue weighted by Gasteiger charge is 2.23. The maximum atomic E-state index is 12.3. The van der Waals surface area contributed by atoms with Gasteiger partial charge >= 0.3 is 0 Å². The van der Waals surface area contributed by atoms with Crippen molar-refractivity contribution in [2.45, 2.75) is 33.1 Å². The second-order valence-electron chi connectivity index (χ2n) is 6.20. The van der Waals surface area contributed by atoms with Crippen LogP contribution in [0.25, 0.3) is 0 Å². The van der Waals surface area contributed by atoms with Crippen LogP contribution in [0.2, 0.25) is 0 Å². The molecule has 2 amide bonds. The Hall–Kier alpha value is -2.44. The molecule has 7 nitrogen and oxygen atoms in total. The second kappa shape index (κ2) is 8.60. The Morgan fingerprint density at radius 1 is 1.28 bits per heavy atom. The van der Waals surface area contributed by atoms with Gasteiger partial charge in [-0.1, -0.05) is 12.2 Å². The zero-order chi connectivity index (χ0) is 18.4. The molecule has 1 aromatic rings. The van der Waals surface area contributed by atoms with Gasteiger partial charge in [-0.05, 0) is 20.3 Å². The van der Waals surface area contributed by atoms with Gasteiger partial charge in [-0.2, -0.15) is 0 Å². The molecule has 0 saturated heterocycles. The van der Waals surface area contributed by atoms with Crippen molar-refractivity contribution in [3.05, 3.63) is 29.2 Å². The predicted octanol–water partition coefficient (Wildman–Crippen LogP) is 0.861. The van der Waals surface area contributed by atoms with E-state index >= 15 is 0 Å². The van der Waals surface area contributed by atoms with Gasteiger partial charge in [0.25, 0.3) is 0 Å². The number of nitrogens with one attached hydrogen (secondary N) is 1. The van der Waals surface area contributed by atoms with E-state index in [0.717, 1.165) is 17.1 Å². The Kier molecular flexibility index (Phi) is 6.50. The van der Waals surface area contributed by atoms with Crippen LogP contribution in [-0.2, 0) is 22.4 Å². The molecule has 7 heteroatoms. The van der Waals surface area contributed by atoms with Crippen LogP contribution >= 0.6 is 0 Å². The summed E-state index contributed by atoms with van der Waals surface area (Å²) in [7, 11) is 3.48. The third-order valence-electron chi connectivity index (χ3n) is 4.34. The normalized spacial score (nSPS) is 14.2. The summed E-state index contributed by atoms with van der Waals surface area (Å²) >= 11 is 0. The van der Waals surface area contributed by atoms with E-state index in [2.05, 4.69) is 15.3 Å². The van der Waals surface area contributed by atoms with Crippen LogP contribution in [0, 0.1) is 6.92 Å². The number of carbonyl (C=O) groups excluding carboxylic acids is 2. The molecule has 0 aromatic carbocycles. The van der Waals surface area contributed by atoms with E-state index in [1.807, 2.05) is 42.8 Å². The van der Waals surface area contributed by atoms with Crippen molar-refractivity contribution < 1.29 is 9.59 Å². The van der Waals surface area contributed by atoms with Crippen molar-refractivity contribution in [2.24, 2.45) is 0 Å². The van der Waals surface area contributed by atoms with Gasteiger partial charge < -0.3 is 15.1 Å². The zero-order valence-corrected chi connectivity index (χ0v) is 15.5. The summed E-state index contributed by atoms with van der Waals surface area (Å²) in [5.41, 5.74) is 2.02. The van der Waals surface area contributed by atoms with Gasteiger partial charge in [0.05, 0.1) is 12.2 Å². The Labute approximate surface area is 149 Å². The van der Waals surface area contributed by atoms with E-state index < -0.39 is 0 Å². The Balaban J connectivity index is 2.22. The summed E-state index contributed by atoms with van der Waals surface area (Å²) in [5.74, 6) is 1.54. The molecule has 0 spiro atoms. The SMILES string of the molecule is C/C=C/CC(=O)N1CCc2nc(C)nc(N(C)CC(=O)NC)c2CC1. The molecule has 0 aliphatic carbocycles. The van der Waals surface area contributed by atoms with E-state index in [1.165, 1.54) is 0 Å². The molecule has 1 aliphatic heterocycles. The summed E-state index contributed by atoms with van der Waals surface area (Å²) in [4.78, 5) is 36.9. The summed E-state index contributed by atoms with van der Waals surface area (Å²) in [6.07, 6.45) is 5.62. The van der Waals surface area contributed by atoms with Gasteiger partial charge in [-0.3, -0.25) is 9.59 Å². The van der Waals surface area contributed by atoms with Gasteiger partial charge in [0.2, 0.25) is 11.8 Å². The molecule has 2 heterocycles. The average Bonchev–Trinajstić information content (AvgIpc) is 2.81. The third kappa shape index (κ3) is 4.78. The van der Waals surface area contributed by atoms with Crippen LogP contribution in [0.15, 0.2) is 12.2 Å². The predicted molar refractivity (Wildman–Crippen MR) is 97.5 cm³/mol. The second-order valence-corrected chi connectivity index (χ2v) is 6.20. The summed E-state index contributed by atoms with van der Waals surface area (Å²) in [6.45, 7) is 5.33. The number of amides is 2. The fourth-order valence-corrected chi connectivity index (χ4v) is 2.98. The van der Waals surface area contributed by atoms with Crippen molar-refractivity contribution in [3.63, 3.8) is 0 Å². The number of allylic oxidation sites excluding steroid dienone is 1. The molecule has 0 bridgehead atoms. The van der Waals surface area contributed by atoms with Crippen LogP contribution in [0.5, 0.6) is 0 Å². The number of aromatic nitrogens is 2. The lowest BCUT2D eigenvalue weighted by atomic mass is 10.1. The molecule has 0 unspecified atom stereocenters. The number of fused-ring (bicyclic) bond motifs is 1. The van der Waals surface area contributed by atoms with Gasteiger partial charge in [-0.15, -0.1) is 0 Å². The average molecular weight is 345 g/mol. The van der Waals surface area contributed by atoms with E-state index in [-0.39, 0.29) is 18.4 Å². The maximum absolute atomic E-state index is 12.3. The van der Waals surface area contributed by atoms with Crippen LogP contribution < -0.4 is 10.2 Å². The number of aryl methyl sites for hydroxylation is 1. The number of hydrogen-bond acceptors (Lipinski definition) is 5. The molecule has 0 atom stereocenters. The van der Waals surface area contributed by atoms with Crippen LogP contribution in [-0.4, -0.2) is 60.4 Å². The lowest BCUT2D eigenvalue weighted by Gasteiger charge is -2.22. The number of likely N-dealkylation sites (N-methyl/N-ethyl adjacent to an activating group) is 2. The summed E-state index contributed by atoms with van der Waals surface area (Å²) in [5, 5.41) is 2.63. The van der Waals surface area contributed by atoms with Gasteiger partial charge in [0.1, 0.15) is 11.6 Å². The Morgan fingerprint density at radius 2 is 2.00 bits per heavy atom. The van der Waals surface area contributed by atoms with Crippen LogP contribution in [0.4, 0.5) is 5.82 Å². The molecule has 0 radical (unpaired) electrons. The number of nitrogens with zero attached hydrogens (tertiary/aromatic N) is 4. The first kappa shape index (κ1) is 18.9. The van der Waals surface area contributed by atoms with Crippen molar-refractivity contribution >= 4 is 17.6 Å². The zero-order valence-electron chi connectivity index (χ0n) is 15.5. The molecule has 0 saturated carbocycles. The summed E-state index contributed by atoms with van der Waals surface area (Å²) in [6, 6.07) is 0. The smallest absolute Gasteiger partial charge is 0.239 e. The highest BCUT2D eigenvalue weighted by atomic mass is 16.2. The van der Waals surface area contributed by atoms with Crippen LogP contribution in [0.1, 0.15) is 30.4 Å². The van der Waals surface area contributed by atoms with Crippen molar-refractivity contribution in [1.29, 1.82) is 0 Å². The maximum Gasteiger partial charge on any atom is 0.239 e. The Bertz CT molecular complexity index is 672. The van der Waals surface area contributed by atoms with Gasteiger partial charge in [-0.25, -0.2) is 9.97 Å². The van der Waals surface area contributed by atoms with Gasteiger partial charge in [0.15, 0.2) is 0 Å². The van der Waals surface area contributed by atoms with Crippen LogP contribution in [0.3, 0.4) is 0 Å². The van der Waals surface area contributed by atoms with E-state index in [4.69, 9.17) is 0 Å². The summed E-state index contributed by atoms with van der Waals surface area (Å²) < 4.78 is 0. The number of hydrogen-bond donors (Lipinski definition) is 1. The quantitative estimate of drug-likeness (QED) is 0.801. The third-order valence-corrected chi connectivity index (χ3v) is 4.34. The molecule has 136 valence electrons. The number of carbonyl (C=O) groups is 2. The van der Waals surface area contributed by atoms with E-state index in [1.54, 1.807) is 7.05 Å². The monoisotopic (exact) mass is 345 g/mol. The highest BCUT2D eigenvalue weighted by Crippen LogP contribution is 2.24. The molecular formula is C18H27N5O2. The fraction of sp³-hybridized carbons (Fsp3) is 0.556. The van der Waals surface area contributed by atoms with Crippen molar-refractivity contribution in [3.8, 4) is 0 Å². The van der Waals surface area contributed by atoms with E-state index in [0.29, 0.717) is 38.2 Å². The number of anilines is 1. The topological polar surface area (TPSA) is 78.4 Å². The van der Waals surface area contributed by atoms with Gasteiger partial charge in [0, 0.05) is 45.6 Å². The first-order valence-corrected chi connectivity index (χ1v) is 8.63. The highest BCUT2D eigenvalue weighted by molar-refractivity contribution is 5.81. The first-order valence-electron chi connectivity index (χ1n) is 8.63. The minimum Gasteiger partial charge on any atom is -0.358 e. The standard InChI is InChI=1S/C18H27N5O2/c1-5-6-7-17(25)23-10-8-14-15(9-11-23)20-13(2)21-18(14)22(4)12-16(24)19-3/h5-6H,7-12H2,1-4H3,(H,19,24)/b6-5+. The molecule has 1 aliphatic rings.